The standard InChI is InChI=1S/C18H19ClN2O3S/c1-14-7-9-16(10-8-14)25(23,24)21-12-11-20(17(22)13-19)18(21)15-5-3-2-4-6-15/h2-10,18H,11-13H2,1H3/t18-/m1/s1. The maximum absolute atomic E-state index is 13.1. The number of rotatable bonds is 4. The molecular formula is C18H19ClN2O3S. The van der Waals surface area contributed by atoms with E-state index in [0.717, 1.165) is 11.1 Å². The van der Waals surface area contributed by atoms with E-state index < -0.39 is 16.2 Å². The first kappa shape index (κ1) is 17.9. The van der Waals surface area contributed by atoms with Gasteiger partial charge in [-0.05, 0) is 24.6 Å². The molecule has 7 heteroatoms. The summed E-state index contributed by atoms with van der Waals surface area (Å²) in [6, 6.07) is 15.9. The molecule has 1 amide bonds. The van der Waals surface area contributed by atoms with E-state index in [9.17, 15) is 13.2 Å². The van der Waals surface area contributed by atoms with Gasteiger partial charge in [0.2, 0.25) is 15.9 Å². The second-order valence-corrected chi connectivity index (χ2v) is 8.09. The average Bonchev–Trinajstić information content (AvgIpc) is 3.08. The second kappa shape index (κ2) is 7.15. The molecule has 5 nitrogen and oxygen atoms in total. The molecule has 1 aliphatic heterocycles. The van der Waals surface area contributed by atoms with Crippen molar-refractivity contribution in [1.29, 1.82) is 0 Å². The fourth-order valence-corrected chi connectivity index (χ4v) is 4.74. The van der Waals surface area contributed by atoms with Gasteiger partial charge in [-0.15, -0.1) is 11.6 Å². The summed E-state index contributed by atoms with van der Waals surface area (Å²) in [6.07, 6.45) is -0.682. The molecular weight excluding hydrogens is 360 g/mol. The van der Waals surface area contributed by atoms with Gasteiger partial charge < -0.3 is 4.90 Å². The van der Waals surface area contributed by atoms with Crippen LogP contribution in [0.2, 0.25) is 0 Å². The highest BCUT2D eigenvalue weighted by atomic mass is 35.5. The smallest absolute Gasteiger partial charge is 0.245 e. The number of nitrogens with zero attached hydrogens (tertiary/aromatic N) is 2. The van der Waals surface area contributed by atoms with Crippen LogP contribution in [0.1, 0.15) is 17.3 Å². The fourth-order valence-electron chi connectivity index (χ4n) is 3.01. The van der Waals surface area contributed by atoms with Crippen LogP contribution in [0.15, 0.2) is 59.5 Å². The molecule has 0 N–H and O–H groups in total. The molecule has 0 spiro atoms. The number of amides is 1. The van der Waals surface area contributed by atoms with Crippen molar-refractivity contribution < 1.29 is 13.2 Å². The molecule has 2 aromatic rings. The number of hydrogen-bond donors (Lipinski definition) is 0. The molecule has 1 saturated heterocycles. The summed E-state index contributed by atoms with van der Waals surface area (Å²) < 4.78 is 27.7. The van der Waals surface area contributed by atoms with Gasteiger partial charge in [0.1, 0.15) is 12.0 Å². The van der Waals surface area contributed by atoms with Gasteiger partial charge in [-0.2, -0.15) is 4.31 Å². The third-order valence-electron chi connectivity index (χ3n) is 4.29. The Labute approximate surface area is 152 Å². The fraction of sp³-hybridized carbons (Fsp3) is 0.278. The summed E-state index contributed by atoms with van der Waals surface area (Å²) in [4.78, 5) is 14.0. The van der Waals surface area contributed by atoms with Crippen molar-refractivity contribution in [2.24, 2.45) is 0 Å². The lowest BCUT2D eigenvalue weighted by Gasteiger charge is -2.29. The third-order valence-corrected chi connectivity index (χ3v) is 6.39. The van der Waals surface area contributed by atoms with Crippen LogP contribution in [0.5, 0.6) is 0 Å². The normalized spacial score (nSPS) is 18.5. The number of carbonyl (C=O) groups is 1. The van der Waals surface area contributed by atoms with Crippen LogP contribution in [0.4, 0.5) is 0 Å². The van der Waals surface area contributed by atoms with Crippen LogP contribution in [-0.4, -0.2) is 42.5 Å². The Hall–Kier alpha value is -1.89. The van der Waals surface area contributed by atoms with E-state index in [1.807, 2.05) is 37.3 Å². The second-order valence-electron chi connectivity index (χ2n) is 5.93. The number of sulfonamides is 1. The molecule has 1 atom stereocenters. The van der Waals surface area contributed by atoms with E-state index >= 15 is 0 Å². The van der Waals surface area contributed by atoms with Gasteiger partial charge in [0.05, 0.1) is 4.90 Å². The highest BCUT2D eigenvalue weighted by molar-refractivity contribution is 7.89. The number of hydrogen-bond acceptors (Lipinski definition) is 3. The molecule has 132 valence electrons. The Morgan fingerprint density at radius 2 is 1.72 bits per heavy atom. The van der Waals surface area contributed by atoms with Gasteiger partial charge in [-0.3, -0.25) is 4.79 Å². The predicted octanol–water partition coefficient (Wildman–Crippen LogP) is 2.77. The minimum atomic E-state index is -3.73. The Kier molecular flexibility index (Phi) is 5.13. The molecule has 1 aliphatic rings. The first-order valence-electron chi connectivity index (χ1n) is 7.94. The Balaban J connectivity index is 2.04. The molecule has 1 heterocycles. The summed E-state index contributed by atoms with van der Waals surface area (Å²) in [6.45, 7) is 2.45. The molecule has 25 heavy (non-hydrogen) atoms. The van der Waals surface area contributed by atoms with Gasteiger partial charge in [-0.1, -0.05) is 48.0 Å². The van der Waals surface area contributed by atoms with Crippen molar-refractivity contribution >= 4 is 27.5 Å². The highest BCUT2D eigenvalue weighted by Crippen LogP contribution is 2.35. The molecule has 0 radical (unpaired) electrons. The molecule has 2 aromatic carbocycles. The van der Waals surface area contributed by atoms with Crippen LogP contribution in [-0.2, 0) is 14.8 Å². The number of aryl methyl sites for hydroxylation is 1. The molecule has 0 saturated carbocycles. The van der Waals surface area contributed by atoms with Gasteiger partial charge in [0.15, 0.2) is 0 Å². The quantitative estimate of drug-likeness (QED) is 0.769. The number of halogens is 1. The lowest BCUT2D eigenvalue weighted by atomic mass is 10.1. The average molecular weight is 379 g/mol. The largest absolute Gasteiger partial charge is 0.319 e. The SMILES string of the molecule is Cc1ccc(S(=O)(=O)N2CCN(C(=O)CCl)[C@H]2c2ccccc2)cc1. The summed E-state index contributed by atoms with van der Waals surface area (Å²) >= 11 is 5.72. The highest BCUT2D eigenvalue weighted by Gasteiger charge is 2.42. The minimum Gasteiger partial charge on any atom is -0.319 e. The summed E-state index contributed by atoms with van der Waals surface area (Å²) in [7, 11) is -3.73. The van der Waals surface area contributed by atoms with Crippen molar-refractivity contribution in [3.05, 3.63) is 65.7 Å². The summed E-state index contributed by atoms with van der Waals surface area (Å²) in [5.41, 5.74) is 1.73. The maximum Gasteiger partial charge on any atom is 0.245 e. The van der Waals surface area contributed by atoms with Crippen LogP contribution in [0, 0.1) is 6.92 Å². The van der Waals surface area contributed by atoms with E-state index in [1.165, 1.54) is 9.21 Å². The van der Waals surface area contributed by atoms with Crippen molar-refractivity contribution in [2.75, 3.05) is 19.0 Å². The molecule has 1 fully saturated rings. The van der Waals surface area contributed by atoms with Crippen molar-refractivity contribution in [3.63, 3.8) is 0 Å². The first-order chi connectivity index (χ1) is 11.9. The molecule has 0 unspecified atom stereocenters. The van der Waals surface area contributed by atoms with E-state index in [4.69, 9.17) is 11.6 Å². The van der Waals surface area contributed by atoms with Crippen LogP contribution >= 0.6 is 11.6 Å². The van der Waals surface area contributed by atoms with Crippen molar-refractivity contribution in [2.45, 2.75) is 18.0 Å². The third kappa shape index (κ3) is 3.42. The van der Waals surface area contributed by atoms with Crippen molar-refractivity contribution in [3.8, 4) is 0 Å². The summed E-state index contributed by atoms with van der Waals surface area (Å²) in [5, 5.41) is 0. The van der Waals surface area contributed by atoms with E-state index in [0.29, 0.717) is 6.54 Å². The zero-order valence-corrected chi connectivity index (χ0v) is 15.4. The minimum absolute atomic E-state index is 0.179. The molecule has 0 aromatic heterocycles. The van der Waals surface area contributed by atoms with Crippen LogP contribution in [0.3, 0.4) is 0 Å². The zero-order valence-electron chi connectivity index (χ0n) is 13.8. The monoisotopic (exact) mass is 378 g/mol. The molecule has 0 aliphatic carbocycles. The first-order valence-corrected chi connectivity index (χ1v) is 9.91. The van der Waals surface area contributed by atoms with Gasteiger partial charge >= 0.3 is 0 Å². The van der Waals surface area contributed by atoms with E-state index in [-0.39, 0.29) is 23.2 Å². The van der Waals surface area contributed by atoms with Gasteiger partial charge in [0, 0.05) is 13.1 Å². The zero-order chi connectivity index (χ0) is 18.0. The predicted molar refractivity (Wildman–Crippen MR) is 96.7 cm³/mol. The van der Waals surface area contributed by atoms with Gasteiger partial charge in [0.25, 0.3) is 0 Å². The Morgan fingerprint density at radius 3 is 2.32 bits per heavy atom. The lowest BCUT2D eigenvalue weighted by Crippen LogP contribution is -2.38. The molecule has 3 rings (SSSR count). The Bertz CT molecular complexity index is 854. The van der Waals surface area contributed by atoms with Crippen molar-refractivity contribution in [1.82, 2.24) is 9.21 Å². The summed E-state index contributed by atoms with van der Waals surface area (Å²) in [5.74, 6) is -0.459. The van der Waals surface area contributed by atoms with Crippen LogP contribution in [0.25, 0.3) is 0 Å². The van der Waals surface area contributed by atoms with Gasteiger partial charge in [-0.25, -0.2) is 8.42 Å². The number of carbonyl (C=O) groups excluding carboxylic acids is 1. The number of benzene rings is 2. The van der Waals surface area contributed by atoms with E-state index in [1.54, 1.807) is 24.3 Å². The van der Waals surface area contributed by atoms with Crippen LogP contribution < -0.4 is 0 Å². The Morgan fingerprint density at radius 1 is 1.08 bits per heavy atom. The molecule has 0 bridgehead atoms. The maximum atomic E-state index is 13.1. The number of alkyl halides is 1. The van der Waals surface area contributed by atoms with E-state index in [2.05, 4.69) is 0 Å². The lowest BCUT2D eigenvalue weighted by molar-refractivity contribution is -0.130. The topological polar surface area (TPSA) is 57.7 Å².